The summed E-state index contributed by atoms with van der Waals surface area (Å²) in [6.07, 6.45) is 4.55. The van der Waals surface area contributed by atoms with Crippen molar-refractivity contribution in [2.24, 2.45) is 0 Å². The van der Waals surface area contributed by atoms with E-state index in [1.165, 1.54) is 22.3 Å². The molecule has 0 aromatic heterocycles. The van der Waals surface area contributed by atoms with Crippen molar-refractivity contribution in [3.63, 3.8) is 0 Å². The zero-order valence-corrected chi connectivity index (χ0v) is 11.5. The van der Waals surface area contributed by atoms with Crippen molar-refractivity contribution in [2.45, 2.75) is 25.0 Å². The summed E-state index contributed by atoms with van der Waals surface area (Å²) in [5.74, 6) is 1.21. The predicted molar refractivity (Wildman–Crippen MR) is 77.6 cm³/mol. The van der Waals surface area contributed by atoms with Gasteiger partial charge in [0, 0.05) is 5.75 Å². The average Bonchev–Trinajstić information content (AvgIpc) is 2.39. The van der Waals surface area contributed by atoms with Crippen LogP contribution in [-0.4, -0.2) is 11.5 Å². The lowest BCUT2D eigenvalue weighted by Crippen LogP contribution is -2.36. The zero-order valence-electron chi connectivity index (χ0n) is 10.7. The summed E-state index contributed by atoms with van der Waals surface area (Å²) >= 11 is 1.79. The molecule has 1 unspecified atom stereocenters. The largest absolute Gasteiger partial charge is 0.293 e. The summed E-state index contributed by atoms with van der Waals surface area (Å²) in [6.45, 7) is 4.33. The van der Waals surface area contributed by atoms with Crippen LogP contribution in [0.2, 0.25) is 0 Å². The zero-order chi connectivity index (χ0) is 12.8. The molecule has 1 spiro atoms. The first kappa shape index (κ1) is 11.8. The molecule has 0 bridgehead atoms. The molecule has 18 heavy (non-hydrogen) atoms. The van der Waals surface area contributed by atoms with Gasteiger partial charge in [-0.3, -0.25) is 4.79 Å². The Labute approximate surface area is 112 Å². The fraction of sp³-hybridized carbons (Fsp3) is 0.312. The Morgan fingerprint density at radius 3 is 2.67 bits per heavy atom. The van der Waals surface area contributed by atoms with Crippen molar-refractivity contribution >= 4 is 23.6 Å². The molecule has 92 valence electrons. The van der Waals surface area contributed by atoms with Crippen LogP contribution in [0, 0.1) is 0 Å². The number of allylic oxidation sites excluding steroid dienone is 2. The van der Waals surface area contributed by atoms with E-state index in [1.54, 1.807) is 17.8 Å². The second-order valence-electron chi connectivity index (χ2n) is 5.14. The van der Waals surface area contributed by atoms with Crippen molar-refractivity contribution in [3.8, 4) is 0 Å². The molecule has 1 aliphatic heterocycles. The van der Waals surface area contributed by atoms with Crippen molar-refractivity contribution in [1.29, 1.82) is 0 Å². The van der Waals surface area contributed by atoms with Crippen LogP contribution in [0.5, 0.6) is 0 Å². The van der Waals surface area contributed by atoms with Gasteiger partial charge in [0.1, 0.15) is 4.75 Å². The Morgan fingerprint density at radius 2 is 1.89 bits per heavy atom. The fourth-order valence-electron chi connectivity index (χ4n) is 2.70. The second kappa shape index (κ2) is 4.13. The number of fused-ring (bicyclic) bond motifs is 2. The molecular formula is C16H16OS. The number of rotatable bonds is 0. The molecule has 0 fully saturated rings. The highest BCUT2D eigenvalue weighted by molar-refractivity contribution is 8.01. The fourth-order valence-corrected chi connectivity index (χ4v) is 4.28. The van der Waals surface area contributed by atoms with Crippen LogP contribution in [0.15, 0.2) is 41.5 Å². The van der Waals surface area contributed by atoms with Crippen LogP contribution in [0.4, 0.5) is 0 Å². The Hall–Kier alpha value is -1.28. The number of hydrogen-bond acceptors (Lipinski definition) is 2. The van der Waals surface area contributed by atoms with Gasteiger partial charge in [0.2, 0.25) is 0 Å². The van der Waals surface area contributed by atoms with E-state index in [1.807, 2.05) is 18.2 Å². The van der Waals surface area contributed by atoms with Gasteiger partial charge in [-0.1, -0.05) is 41.5 Å². The van der Waals surface area contributed by atoms with E-state index in [0.29, 0.717) is 0 Å². The molecule has 1 nitrogen and oxygen atoms in total. The minimum absolute atomic E-state index is 0.248. The van der Waals surface area contributed by atoms with Crippen LogP contribution < -0.4 is 0 Å². The van der Waals surface area contributed by atoms with E-state index in [4.69, 9.17) is 0 Å². The van der Waals surface area contributed by atoms with Gasteiger partial charge in [0.15, 0.2) is 5.78 Å². The van der Waals surface area contributed by atoms with Crippen LogP contribution in [0.3, 0.4) is 0 Å². The lowest BCUT2D eigenvalue weighted by molar-refractivity contribution is -0.117. The van der Waals surface area contributed by atoms with Crippen LogP contribution >= 0.6 is 11.8 Å². The van der Waals surface area contributed by atoms with E-state index < -0.39 is 0 Å². The van der Waals surface area contributed by atoms with E-state index in [2.05, 4.69) is 26.0 Å². The number of ketones is 1. The van der Waals surface area contributed by atoms with Gasteiger partial charge >= 0.3 is 0 Å². The summed E-state index contributed by atoms with van der Waals surface area (Å²) in [7, 11) is 0. The molecule has 1 aliphatic carbocycles. The molecule has 1 aromatic rings. The number of hydrogen-bond donors (Lipinski definition) is 0. The highest BCUT2D eigenvalue weighted by Crippen LogP contribution is 2.50. The maximum atomic E-state index is 12.5. The van der Waals surface area contributed by atoms with Gasteiger partial charge in [-0.2, -0.15) is 0 Å². The van der Waals surface area contributed by atoms with Crippen LogP contribution in [-0.2, 0) is 9.54 Å². The summed E-state index contributed by atoms with van der Waals surface area (Å²) in [4.78, 5) is 12.5. The Bertz CT molecular complexity index is 583. The van der Waals surface area contributed by atoms with Crippen molar-refractivity contribution < 1.29 is 4.79 Å². The first-order chi connectivity index (χ1) is 8.63. The Kier molecular flexibility index (Phi) is 2.70. The monoisotopic (exact) mass is 256 g/mol. The minimum atomic E-state index is -0.366. The third kappa shape index (κ3) is 1.59. The Balaban J connectivity index is 2.17. The van der Waals surface area contributed by atoms with Gasteiger partial charge in [-0.15, -0.1) is 11.8 Å². The first-order valence-corrected chi connectivity index (χ1v) is 7.23. The minimum Gasteiger partial charge on any atom is -0.293 e. The number of thioether (sulfide) groups is 1. The molecule has 1 atom stereocenters. The first-order valence-electron chi connectivity index (χ1n) is 6.25. The lowest BCUT2D eigenvalue weighted by atomic mass is 9.80. The van der Waals surface area contributed by atoms with E-state index in [9.17, 15) is 4.79 Å². The van der Waals surface area contributed by atoms with Crippen molar-refractivity contribution in [2.75, 3.05) is 5.75 Å². The van der Waals surface area contributed by atoms with Gasteiger partial charge in [0.25, 0.3) is 0 Å². The smallest absolute Gasteiger partial charge is 0.176 e. The molecule has 2 heteroatoms. The molecule has 0 saturated heterocycles. The quantitative estimate of drug-likeness (QED) is 0.654. The van der Waals surface area contributed by atoms with Crippen molar-refractivity contribution in [1.82, 2.24) is 0 Å². The van der Waals surface area contributed by atoms with E-state index in [-0.39, 0.29) is 10.5 Å². The predicted octanol–water partition coefficient (Wildman–Crippen LogP) is 3.95. The molecule has 3 rings (SSSR count). The van der Waals surface area contributed by atoms with Gasteiger partial charge < -0.3 is 0 Å². The summed E-state index contributed by atoms with van der Waals surface area (Å²) < 4.78 is -0.366. The van der Waals surface area contributed by atoms with E-state index >= 15 is 0 Å². The molecule has 0 amide bonds. The highest BCUT2D eigenvalue weighted by atomic mass is 32.2. The normalized spacial score (nSPS) is 26.7. The third-order valence-electron chi connectivity index (χ3n) is 3.99. The average molecular weight is 256 g/mol. The van der Waals surface area contributed by atoms with E-state index in [0.717, 1.165) is 12.2 Å². The van der Waals surface area contributed by atoms with Gasteiger partial charge in [-0.05, 0) is 37.5 Å². The summed E-state index contributed by atoms with van der Waals surface area (Å²) in [6, 6.07) is 8.28. The highest BCUT2D eigenvalue weighted by Gasteiger charge is 2.44. The van der Waals surface area contributed by atoms with Crippen LogP contribution in [0.1, 0.15) is 31.4 Å². The second-order valence-corrected chi connectivity index (χ2v) is 6.41. The lowest BCUT2D eigenvalue weighted by Gasteiger charge is -2.38. The maximum Gasteiger partial charge on any atom is 0.176 e. The van der Waals surface area contributed by atoms with Crippen LogP contribution in [0.25, 0.3) is 6.08 Å². The number of carbonyl (C=O) groups excluding carboxylic acids is 1. The molecule has 1 aromatic carbocycles. The summed E-state index contributed by atoms with van der Waals surface area (Å²) in [5.41, 5.74) is 5.17. The molecule has 0 radical (unpaired) electrons. The maximum absolute atomic E-state index is 12.5. The van der Waals surface area contributed by atoms with Gasteiger partial charge in [-0.25, -0.2) is 0 Å². The molecule has 2 aliphatic rings. The molecule has 1 heterocycles. The molecule has 0 saturated carbocycles. The standard InChI is InChI=1S/C16H16OS/c1-11-9-16(18-10-12(11)2)14-6-4-3-5-13(14)7-8-15(16)17/h3-8H,9-10H2,1-2H3. The SMILES string of the molecule is CC1=C(C)CC2(SC1)C(=O)C=Cc1ccccc12. The molecular weight excluding hydrogens is 240 g/mol. The number of benzene rings is 1. The van der Waals surface area contributed by atoms with Gasteiger partial charge in [0.05, 0.1) is 0 Å². The Morgan fingerprint density at radius 1 is 1.11 bits per heavy atom. The van der Waals surface area contributed by atoms with Crippen molar-refractivity contribution in [3.05, 3.63) is 52.6 Å². The number of carbonyl (C=O) groups is 1. The molecule has 0 N–H and O–H groups in total. The summed E-state index contributed by atoms with van der Waals surface area (Å²) in [5, 5.41) is 0. The topological polar surface area (TPSA) is 17.1 Å². The third-order valence-corrected chi connectivity index (χ3v) is 5.62.